The summed E-state index contributed by atoms with van der Waals surface area (Å²) in [6, 6.07) is 7.54. The van der Waals surface area contributed by atoms with Gasteiger partial charge in [-0.2, -0.15) is 0 Å². The van der Waals surface area contributed by atoms with Gasteiger partial charge in [0.15, 0.2) is 0 Å². The lowest BCUT2D eigenvalue weighted by molar-refractivity contribution is -0.150. The average molecular weight is 270 g/mol. The summed E-state index contributed by atoms with van der Waals surface area (Å²) in [5.74, 6) is 5.70. The topological polar surface area (TPSA) is 63.4 Å². The van der Waals surface area contributed by atoms with Gasteiger partial charge in [-0.25, -0.2) is 0 Å². The highest BCUT2D eigenvalue weighted by molar-refractivity contribution is 5.97. The molecular weight excluding hydrogens is 252 g/mol. The Balaban J connectivity index is 2.13. The van der Waals surface area contributed by atoms with Crippen molar-refractivity contribution in [3.63, 3.8) is 0 Å². The van der Waals surface area contributed by atoms with Crippen molar-refractivity contribution in [1.29, 1.82) is 0 Å². The quantitative estimate of drug-likeness (QED) is 0.650. The van der Waals surface area contributed by atoms with Crippen LogP contribution in [-0.2, 0) is 16.1 Å². The van der Waals surface area contributed by atoms with Crippen molar-refractivity contribution in [1.82, 2.24) is 4.90 Å². The minimum Gasteiger partial charge on any atom is -0.320 e. The molecule has 0 aromatic heterocycles. The van der Waals surface area contributed by atoms with E-state index in [1.807, 2.05) is 31.2 Å². The number of imide groups is 1. The van der Waals surface area contributed by atoms with Gasteiger partial charge in [-0.3, -0.25) is 14.5 Å². The highest BCUT2D eigenvalue weighted by Gasteiger charge is 2.30. The fraction of sp³-hybridized carbons (Fsp3) is 0.375. The van der Waals surface area contributed by atoms with Gasteiger partial charge in [-0.15, -0.1) is 0 Å². The molecule has 0 bridgehead atoms. The summed E-state index contributed by atoms with van der Waals surface area (Å²) in [5, 5.41) is 0. The van der Waals surface area contributed by atoms with Crippen molar-refractivity contribution in [3.8, 4) is 11.8 Å². The summed E-state index contributed by atoms with van der Waals surface area (Å²) in [5.41, 5.74) is 7.10. The number of hydrogen-bond donors (Lipinski definition) is 1. The first-order chi connectivity index (χ1) is 9.60. The molecular formula is C16H18N2O2. The van der Waals surface area contributed by atoms with Crippen LogP contribution in [0.1, 0.15) is 30.9 Å². The number of likely N-dealkylation sites (tertiary alicyclic amines) is 1. The van der Waals surface area contributed by atoms with E-state index < -0.39 is 0 Å². The monoisotopic (exact) mass is 270 g/mol. The fourth-order valence-corrected chi connectivity index (χ4v) is 2.29. The van der Waals surface area contributed by atoms with Gasteiger partial charge in [-0.05, 0) is 23.6 Å². The maximum absolute atomic E-state index is 11.9. The van der Waals surface area contributed by atoms with Crippen molar-refractivity contribution in [2.45, 2.75) is 26.3 Å². The summed E-state index contributed by atoms with van der Waals surface area (Å²) in [6.07, 6.45) is 0.886. The van der Waals surface area contributed by atoms with Crippen LogP contribution in [-0.4, -0.2) is 23.3 Å². The maximum atomic E-state index is 11.9. The van der Waals surface area contributed by atoms with E-state index in [9.17, 15) is 9.59 Å². The molecule has 0 spiro atoms. The average Bonchev–Trinajstić information content (AvgIpc) is 2.41. The largest absolute Gasteiger partial charge is 0.320 e. The molecule has 104 valence electrons. The first-order valence-corrected chi connectivity index (χ1v) is 6.71. The van der Waals surface area contributed by atoms with Crippen LogP contribution in [0.3, 0.4) is 0 Å². The molecule has 0 atom stereocenters. The van der Waals surface area contributed by atoms with Crippen LogP contribution < -0.4 is 5.73 Å². The van der Waals surface area contributed by atoms with E-state index in [0.717, 1.165) is 11.1 Å². The molecule has 4 heteroatoms. The number of piperidine rings is 1. The summed E-state index contributed by atoms with van der Waals surface area (Å²) in [6.45, 7) is 2.56. The molecule has 1 aliphatic rings. The van der Waals surface area contributed by atoms with Crippen molar-refractivity contribution in [2.24, 2.45) is 11.7 Å². The van der Waals surface area contributed by atoms with Crippen LogP contribution in [0.2, 0.25) is 0 Å². The zero-order chi connectivity index (χ0) is 14.5. The van der Waals surface area contributed by atoms with E-state index in [1.54, 1.807) is 0 Å². The molecule has 2 amide bonds. The first-order valence-electron chi connectivity index (χ1n) is 6.71. The summed E-state index contributed by atoms with van der Waals surface area (Å²) in [4.78, 5) is 25.2. The number of nitrogens with two attached hydrogens (primary N) is 1. The van der Waals surface area contributed by atoms with E-state index in [2.05, 4.69) is 11.8 Å². The number of amides is 2. The normalized spacial score (nSPS) is 16.0. The number of benzene rings is 1. The molecule has 1 fully saturated rings. The second-order valence-corrected chi connectivity index (χ2v) is 5.09. The van der Waals surface area contributed by atoms with Gasteiger partial charge in [-0.1, -0.05) is 30.9 Å². The standard InChI is InChI=1S/C16H18N2O2/c1-12-8-15(19)18(16(20)9-12)11-14-5-2-4-13(10-14)6-3-7-17/h2,4-5,10,12H,7-9,11,17H2,1H3. The lowest BCUT2D eigenvalue weighted by Gasteiger charge is -2.28. The third kappa shape index (κ3) is 3.46. The lowest BCUT2D eigenvalue weighted by atomic mass is 9.97. The second-order valence-electron chi connectivity index (χ2n) is 5.09. The fourth-order valence-electron chi connectivity index (χ4n) is 2.29. The molecule has 2 rings (SSSR count). The van der Waals surface area contributed by atoms with E-state index in [-0.39, 0.29) is 17.7 Å². The van der Waals surface area contributed by atoms with Crippen LogP contribution in [0, 0.1) is 17.8 Å². The molecule has 1 heterocycles. The van der Waals surface area contributed by atoms with Gasteiger partial charge < -0.3 is 5.73 Å². The first kappa shape index (κ1) is 14.3. The van der Waals surface area contributed by atoms with Crippen molar-refractivity contribution in [2.75, 3.05) is 6.54 Å². The Morgan fingerprint density at radius 3 is 2.65 bits per heavy atom. The molecule has 1 saturated heterocycles. The van der Waals surface area contributed by atoms with Gasteiger partial charge in [0.2, 0.25) is 11.8 Å². The molecule has 1 aromatic carbocycles. The van der Waals surface area contributed by atoms with Crippen LogP contribution in [0.5, 0.6) is 0 Å². The highest BCUT2D eigenvalue weighted by atomic mass is 16.2. The van der Waals surface area contributed by atoms with Crippen molar-refractivity contribution < 1.29 is 9.59 Å². The molecule has 2 N–H and O–H groups in total. The zero-order valence-electron chi connectivity index (χ0n) is 11.6. The molecule has 0 aliphatic carbocycles. The van der Waals surface area contributed by atoms with Gasteiger partial charge in [0.1, 0.15) is 0 Å². The number of nitrogens with zero attached hydrogens (tertiary/aromatic N) is 1. The lowest BCUT2D eigenvalue weighted by Crippen LogP contribution is -2.42. The van der Waals surface area contributed by atoms with Crippen molar-refractivity contribution >= 4 is 11.8 Å². The minimum absolute atomic E-state index is 0.0906. The van der Waals surface area contributed by atoms with Gasteiger partial charge in [0.25, 0.3) is 0 Å². The number of hydrogen-bond acceptors (Lipinski definition) is 3. The molecule has 0 radical (unpaired) electrons. The van der Waals surface area contributed by atoms with Crippen LogP contribution in [0.25, 0.3) is 0 Å². The highest BCUT2D eigenvalue weighted by Crippen LogP contribution is 2.21. The van der Waals surface area contributed by atoms with Gasteiger partial charge in [0, 0.05) is 18.4 Å². The Hall–Kier alpha value is -2.12. The van der Waals surface area contributed by atoms with Crippen LogP contribution in [0.4, 0.5) is 0 Å². The van der Waals surface area contributed by atoms with Crippen LogP contribution in [0.15, 0.2) is 24.3 Å². The third-order valence-corrected chi connectivity index (χ3v) is 3.25. The summed E-state index contributed by atoms with van der Waals surface area (Å²) < 4.78 is 0. The number of rotatable bonds is 2. The van der Waals surface area contributed by atoms with Crippen molar-refractivity contribution in [3.05, 3.63) is 35.4 Å². The van der Waals surface area contributed by atoms with E-state index in [4.69, 9.17) is 5.73 Å². The van der Waals surface area contributed by atoms with E-state index in [0.29, 0.717) is 25.9 Å². The van der Waals surface area contributed by atoms with E-state index >= 15 is 0 Å². The molecule has 1 aromatic rings. The Bertz CT molecular complexity index is 566. The predicted molar refractivity (Wildman–Crippen MR) is 76.3 cm³/mol. The smallest absolute Gasteiger partial charge is 0.229 e. The SMILES string of the molecule is CC1CC(=O)N(Cc2cccc(C#CCN)c2)C(=O)C1. The molecule has 0 unspecified atom stereocenters. The van der Waals surface area contributed by atoms with Gasteiger partial charge >= 0.3 is 0 Å². The molecule has 20 heavy (non-hydrogen) atoms. The Labute approximate surface area is 118 Å². The van der Waals surface area contributed by atoms with Crippen LogP contribution >= 0.6 is 0 Å². The predicted octanol–water partition coefficient (Wildman–Crippen LogP) is 1.28. The van der Waals surface area contributed by atoms with E-state index in [1.165, 1.54) is 4.90 Å². The summed E-state index contributed by atoms with van der Waals surface area (Å²) in [7, 11) is 0. The molecule has 1 aliphatic heterocycles. The minimum atomic E-state index is -0.0906. The molecule has 4 nitrogen and oxygen atoms in total. The number of carbonyl (C=O) groups is 2. The Morgan fingerprint density at radius 1 is 1.30 bits per heavy atom. The Kier molecular flexibility index (Phi) is 4.54. The van der Waals surface area contributed by atoms with Gasteiger partial charge in [0.05, 0.1) is 13.1 Å². The number of carbonyl (C=O) groups excluding carboxylic acids is 2. The second kappa shape index (κ2) is 6.36. The Morgan fingerprint density at radius 2 is 2.00 bits per heavy atom. The summed E-state index contributed by atoms with van der Waals surface area (Å²) >= 11 is 0. The maximum Gasteiger partial charge on any atom is 0.229 e. The zero-order valence-corrected chi connectivity index (χ0v) is 11.6. The molecule has 0 saturated carbocycles. The third-order valence-electron chi connectivity index (χ3n) is 3.25.